The monoisotopic (exact) mass is 436 g/mol. The van der Waals surface area contributed by atoms with Gasteiger partial charge in [0.15, 0.2) is 0 Å². The van der Waals surface area contributed by atoms with Crippen molar-refractivity contribution in [2.45, 2.75) is 18.9 Å². The molecule has 1 amide bonds. The van der Waals surface area contributed by atoms with Crippen molar-refractivity contribution in [3.63, 3.8) is 0 Å². The lowest BCUT2D eigenvalue weighted by Gasteiger charge is -2.37. The third kappa shape index (κ3) is 3.98. The number of carbonyl (C=O) groups excluding carboxylic acids is 1. The first-order chi connectivity index (χ1) is 15.1. The summed E-state index contributed by atoms with van der Waals surface area (Å²) in [6, 6.07) is 16.1. The number of fused-ring (bicyclic) bond motifs is 3. The zero-order valence-electron chi connectivity index (χ0n) is 18.0. The molecule has 2 aliphatic heterocycles. The Balaban J connectivity index is 1.45. The second kappa shape index (κ2) is 8.65. The minimum absolute atomic E-state index is 0.176. The van der Waals surface area contributed by atoms with E-state index in [9.17, 15) is 4.79 Å². The molecule has 1 aromatic heterocycles. The van der Waals surface area contributed by atoms with Crippen molar-refractivity contribution in [3.05, 3.63) is 70.4 Å². The van der Waals surface area contributed by atoms with E-state index in [1.165, 1.54) is 10.9 Å². The van der Waals surface area contributed by atoms with Crippen LogP contribution >= 0.6 is 11.6 Å². The van der Waals surface area contributed by atoms with E-state index in [0.29, 0.717) is 18.0 Å². The molecule has 6 heteroatoms. The first-order valence-corrected chi connectivity index (χ1v) is 11.5. The largest absolute Gasteiger partial charge is 0.356 e. The van der Waals surface area contributed by atoms with Crippen LogP contribution in [0.3, 0.4) is 0 Å². The molecule has 0 radical (unpaired) electrons. The number of halogens is 1. The molecular weight excluding hydrogens is 408 g/mol. The number of nitrogens with zero attached hydrogens (tertiary/aromatic N) is 3. The van der Waals surface area contributed by atoms with Crippen LogP contribution < -0.4 is 0 Å². The Bertz CT molecular complexity index is 1090. The van der Waals surface area contributed by atoms with Crippen LogP contribution in [0.15, 0.2) is 48.5 Å². The Kier molecular flexibility index (Phi) is 5.74. The Labute approximate surface area is 188 Å². The van der Waals surface area contributed by atoms with Gasteiger partial charge in [-0.2, -0.15) is 0 Å². The van der Waals surface area contributed by atoms with Crippen LogP contribution in [-0.4, -0.2) is 71.9 Å². The lowest BCUT2D eigenvalue weighted by molar-refractivity contribution is -0.133. The number of benzene rings is 2. The molecule has 162 valence electrons. The van der Waals surface area contributed by atoms with Crippen LogP contribution in [-0.2, 0) is 11.2 Å². The van der Waals surface area contributed by atoms with E-state index in [2.05, 4.69) is 40.0 Å². The average molecular weight is 437 g/mol. The topological polar surface area (TPSA) is 42.6 Å². The number of carbonyl (C=O) groups is 1. The molecular formula is C25H29ClN4O. The molecule has 0 saturated carbocycles. The molecule has 5 nitrogen and oxygen atoms in total. The van der Waals surface area contributed by atoms with E-state index in [0.717, 1.165) is 55.9 Å². The molecule has 0 spiro atoms. The molecule has 1 unspecified atom stereocenters. The van der Waals surface area contributed by atoms with Crippen molar-refractivity contribution in [2.75, 3.05) is 46.3 Å². The maximum Gasteiger partial charge on any atom is 0.224 e. The fraction of sp³-hybridized carbons (Fsp3) is 0.400. The number of H-pyrrole nitrogens is 1. The van der Waals surface area contributed by atoms with Crippen molar-refractivity contribution in [1.82, 2.24) is 19.7 Å². The minimum atomic E-state index is -0.176. The molecule has 3 aromatic rings. The SMILES string of the molecule is CN1CCN(CCC(=O)N2CCc3c([nH]c4ccccc34)C2c2ccccc2Cl)CC1. The highest BCUT2D eigenvalue weighted by Crippen LogP contribution is 2.40. The third-order valence-electron chi connectivity index (χ3n) is 6.79. The second-order valence-corrected chi connectivity index (χ2v) is 9.13. The number of likely N-dealkylation sites (N-methyl/N-ethyl adjacent to an activating group) is 1. The molecule has 1 atom stereocenters. The van der Waals surface area contributed by atoms with E-state index in [1.807, 2.05) is 35.2 Å². The van der Waals surface area contributed by atoms with Crippen LogP contribution in [0.25, 0.3) is 10.9 Å². The number of aromatic nitrogens is 1. The second-order valence-electron chi connectivity index (χ2n) is 8.72. The standard InChI is InChI=1S/C25H29ClN4O/c1-28-14-16-29(17-15-28)12-11-23(31)30-13-10-19-18-6-3-5-9-22(18)27-24(19)25(30)20-7-2-4-8-21(20)26/h2-9,25,27H,10-17H2,1H3. The molecule has 2 aliphatic rings. The zero-order valence-corrected chi connectivity index (χ0v) is 18.7. The number of aromatic amines is 1. The van der Waals surface area contributed by atoms with E-state index < -0.39 is 0 Å². The van der Waals surface area contributed by atoms with Gasteiger partial charge >= 0.3 is 0 Å². The molecule has 1 N–H and O–H groups in total. The fourth-order valence-corrected chi connectivity index (χ4v) is 5.24. The number of amides is 1. The first kappa shape index (κ1) is 20.6. The van der Waals surface area contributed by atoms with E-state index in [1.54, 1.807) is 0 Å². The summed E-state index contributed by atoms with van der Waals surface area (Å²) >= 11 is 6.64. The molecule has 1 fully saturated rings. The molecule has 2 aromatic carbocycles. The van der Waals surface area contributed by atoms with Crippen LogP contribution in [0.2, 0.25) is 5.02 Å². The van der Waals surface area contributed by atoms with E-state index in [4.69, 9.17) is 11.6 Å². The molecule has 31 heavy (non-hydrogen) atoms. The summed E-state index contributed by atoms with van der Waals surface area (Å²) in [6.45, 7) is 5.73. The van der Waals surface area contributed by atoms with Crippen LogP contribution in [0, 0.1) is 0 Å². The quantitative estimate of drug-likeness (QED) is 0.673. The zero-order chi connectivity index (χ0) is 21.4. The van der Waals surface area contributed by atoms with Gasteiger partial charge in [0.05, 0.1) is 6.04 Å². The molecule has 5 rings (SSSR count). The number of hydrogen-bond donors (Lipinski definition) is 1. The summed E-state index contributed by atoms with van der Waals surface area (Å²) in [5.74, 6) is 0.202. The smallest absolute Gasteiger partial charge is 0.224 e. The van der Waals surface area contributed by atoms with Gasteiger partial charge in [0.2, 0.25) is 5.91 Å². The maximum absolute atomic E-state index is 13.5. The van der Waals surface area contributed by atoms with Crippen LogP contribution in [0.4, 0.5) is 0 Å². The lowest BCUT2D eigenvalue weighted by Crippen LogP contribution is -2.46. The number of piperazine rings is 1. The fourth-order valence-electron chi connectivity index (χ4n) is 5.00. The van der Waals surface area contributed by atoms with Gasteiger partial charge in [-0.15, -0.1) is 0 Å². The first-order valence-electron chi connectivity index (χ1n) is 11.2. The van der Waals surface area contributed by atoms with Crippen LogP contribution in [0.1, 0.15) is 29.3 Å². The number of para-hydroxylation sites is 1. The highest BCUT2D eigenvalue weighted by atomic mass is 35.5. The summed E-state index contributed by atoms with van der Waals surface area (Å²) < 4.78 is 0. The van der Waals surface area contributed by atoms with Gasteiger partial charge in [0.1, 0.15) is 0 Å². The Hall–Kier alpha value is -2.34. The van der Waals surface area contributed by atoms with Crippen LogP contribution in [0.5, 0.6) is 0 Å². The maximum atomic E-state index is 13.5. The molecule has 3 heterocycles. The van der Waals surface area contributed by atoms with E-state index >= 15 is 0 Å². The number of rotatable bonds is 4. The van der Waals surface area contributed by atoms with Crippen molar-refractivity contribution >= 4 is 28.4 Å². The van der Waals surface area contributed by atoms with E-state index in [-0.39, 0.29) is 11.9 Å². The summed E-state index contributed by atoms with van der Waals surface area (Å²) in [6.07, 6.45) is 1.40. The van der Waals surface area contributed by atoms with Crippen molar-refractivity contribution in [2.24, 2.45) is 0 Å². The molecule has 1 saturated heterocycles. The third-order valence-corrected chi connectivity index (χ3v) is 7.14. The van der Waals surface area contributed by atoms with Gasteiger partial charge in [0.25, 0.3) is 0 Å². The Morgan fingerprint density at radius 3 is 2.58 bits per heavy atom. The minimum Gasteiger partial charge on any atom is -0.356 e. The summed E-state index contributed by atoms with van der Waals surface area (Å²) in [5.41, 5.74) is 4.53. The van der Waals surface area contributed by atoms with Gasteiger partial charge in [-0.25, -0.2) is 0 Å². The molecule has 0 bridgehead atoms. The summed E-state index contributed by atoms with van der Waals surface area (Å²) in [7, 11) is 2.16. The van der Waals surface area contributed by atoms with Crippen molar-refractivity contribution < 1.29 is 4.79 Å². The highest BCUT2D eigenvalue weighted by molar-refractivity contribution is 6.31. The van der Waals surface area contributed by atoms with Gasteiger partial charge in [-0.05, 0) is 36.7 Å². The highest BCUT2D eigenvalue weighted by Gasteiger charge is 2.35. The van der Waals surface area contributed by atoms with Gasteiger partial charge in [-0.1, -0.05) is 48.0 Å². The Morgan fingerprint density at radius 1 is 1.03 bits per heavy atom. The van der Waals surface area contributed by atoms with Gasteiger partial charge < -0.3 is 19.7 Å². The molecule has 0 aliphatic carbocycles. The predicted molar refractivity (Wildman–Crippen MR) is 126 cm³/mol. The van der Waals surface area contributed by atoms with Gasteiger partial charge in [-0.3, -0.25) is 4.79 Å². The van der Waals surface area contributed by atoms with Crippen molar-refractivity contribution in [1.29, 1.82) is 0 Å². The average Bonchev–Trinajstić information content (AvgIpc) is 3.17. The predicted octanol–water partition coefficient (Wildman–Crippen LogP) is 3.93. The number of nitrogens with one attached hydrogen (secondary N) is 1. The van der Waals surface area contributed by atoms with Crippen molar-refractivity contribution in [3.8, 4) is 0 Å². The lowest BCUT2D eigenvalue weighted by atomic mass is 9.92. The Morgan fingerprint density at radius 2 is 1.77 bits per heavy atom. The van der Waals surface area contributed by atoms with Gasteiger partial charge in [0, 0.05) is 67.3 Å². The number of hydrogen-bond acceptors (Lipinski definition) is 3. The summed E-state index contributed by atoms with van der Waals surface area (Å²) in [5, 5.41) is 1.95. The summed E-state index contributed by atoms with van der Waals surface area (Å²) in [4.78, 5) is 23.9. The normalized spacial score (nSPS) is 20.2.